The molecule has 0 radical (unpaired) electrons. The predicted octanol–water partition coefficient (Wildman–Crippen LogP) is 3.29. The van der Waals surface area contributed by atoms with E-state index in [1.54, 1.807) is 30.3 Å². The summed E-state index contributed by atoms with van der Waals surface area (Å²) in [6.45, 7) is -0.124. The molecule has 0 bridgehead atoms. The average molecular weight is 475 g/mol. The molecule has 0 fully saturated rings. The van der Waals surface area contributed by atoms with Gasteiger partial charge in [0.1, 0.15) is 11.5 Å². The largest absolute Gasteiger partial charge is 0.507 e. The van der Waals surface area contributed by atoms with Crippen LogP contribution in [0.2, 0.25) is 0 Å². The maximum atomic E-state index is 11.6. The number of carbonyl (C=O) groups excluding carboxylic acids is 1. The smallest absolute Gasteiger partial charge is 0.277 e. The second-order valence-electron chi connectivity index (χ2n) is 4.25. The van der Waals surface area contributed by atoms with Crippen molar-refractivity contribution in [2.45, 2.75) is 0 Å². The number of amides is 1. The van der Waals surface area contributed by atoms with Gasteiger partial charge in [0, 0.05) is 4.47 Å². The monoisotopic (exact) mass is 474 g/mol. The highest BCUT2D eigenvalue weighted by Crippen LogP contribution is 2.19. The van der Waals surface area contributed by atoms with Gasteiger partial charge < -0.3 is 9.84 Å². The van der Waals surface area contributed by atoms with Crippen molar-refractivity contribution < 1.29 is 14.6 Å². The van der Waals surface area contributed by atoms with Crippen LogP contribution < -0.4 is 10.2 Å². The van der Waals surface area contributed by atoms with E-state index in [0.29, 0.717) is 9.32 Å². The van der Waals surface area contributed by atoms with E-state index in [1.807, 2.05) is 34.7 Å². The van der Waals surface area contributed by atoms with E-state index in [9.17, 15) is 9.90 Å². The van der Waals surface area contributed by atoms with Crippen molar-refractivity contribution in [3.63, 3.8) is 0 Å². The third-order valence-electron chi connectivity index (χ3n) is 2.54. The molecule has 0 saturated heterocycles. The first-order chi connectivity index (χ1) is 10.5. The first-order valence-corrected chi connectivity index (χ1v) is 8.10. The summed E-state index contributed by atoms with van der Waals surface area (Å²) in [5, 5.41) is 13.3. The normalized spacial score (nSPS) is 10.6. The van der Waals surface area contributed by atoms with Gasteiger partial charge in [-0.1, -0.05) is 22.0 Å². The van der Waals surface area contributed by atoms with Gasteiger partial charge in [-0.25, -0.2) is 5.43 Å². The minimum absolute atomic E-state index is 0.124. The van der Waals surface area contributed by atoms with Gasteiger partial charge in [0.2, 0.25) is 0 Å². The molecule has 0 heterocycles. The molecular formula is C15H12BrIN2O3. The number of aromatic hydroxyl groups is 1. The molecule has 0 unspecified atom stereocenters. The molecule has 114 valence electrons. The molecule has 0 aliphatic heterocycles. The standard InChI is InChI=1S/C15H12BrIN2O3/c16-11-2-1-3-12(7-11)22-9-15(21)19-18-8-10-4-5-14(20)13(17)6-10/h1-8,20H,9H2,(H,19,21)/b18-8+. The van der Waals surface area contributed by atoms with Crippen LogP contribution >= 0.6 is 38.5 Å². The third kappa shape index (κ3) is 5.30. The fraction of sp³-hybridized carbons (Fsp3) is 0.0667. The predicted molar refractivity (Wildman–Crippen MR) is 96.2 cm³/mol. The van der Waals surface area contributed by atoms with E-state index >= 15 is 0 Å². The SMILES string of the molecule is O=C(COc1cccc(Br)c1)N/N=C/c1ccc(O)c(I)c1. The quantitative estimate of drug-likeness (QED) is 0.397. The maximum absolute atomic E-state index is 11.6. The number of rotatable bonds is 5. The number of nitrogens with one attached hydrogen (secondary N) is 1. The van der Waals surface area contributed by atoms with Gasteiger partial charge in [0.15, 0.2) is 6.61 Å². The van der Waals surface area contributed by atoms with Crippen molar-refractivity contribution in [3.05, 3.63) is 56.1 Å². The maximum Gasteiger partial charge on any atom is 0.277 e. The molecule has 0 aromatic heterocycles. The Balaban J connectivity index is 1.82. The Labute approximate surface area is 149 Å². The summed E-state index contributed by atoms with van der Waals surface area (Å²) in [5.74, 6) is 0.454. The number of phenols is 1. The van der Waals surface area contributed by atoms with Crippen molar-refractivity contribution in [1.29, 1.82) is 0 Å². The van der Waals surface area contributed by atoms with Gasteiger partial charge in [0.25, 0.3) is 5.91 Å². The molecule has 2 aromatic carbocycles. The number of hydrogen-bond acceptors (Lipinski definition) is 4. The van der Waals surface area contributed by atoms with Gasteiger partial charge in [-0.3, -0.25) is 4.79 Å². The zero-order valence-electron chi connectivity index (χ0n) is 11.3. The first-order valence-electron chi connectivity index (χ1n) is 6.23. The third-order valence-corrected chi connectivity index (χ3v) is 3.90. The summed E-state index contributed by atoms with van der Waals surface area (Å²) in [6.07, 6.45) is 1.50. The van der Waals surface area contributed by atoms with Crippen LogP contribution in [0.5, 0.6) is 11.5 Å². The summed E-state index contributed by atoms with van der Waals surface area (Å²) >= 11 is 5.34. The number of ether oxygens (including phenoxy) is 1. The topological polar surface area (TPSA) is 70.9 Å². The lowest BCUT2D eigenvalue weighted by Gasteiger charge is -2.05. The Kier molecular flexibility index (Phi) is 6.20. The minimum Gasteiger partial charge on any atom is -0.507 e. The fourth-order valence-corrected chi connectivity index (χ4v) is 2.44. The average Bonchev–Trinajstić information content (AvgIpc) is 2.49. The summed E-state index contributed by atoms with van der Waals surface area (Å²) in [5.41, 5.74) is 3.15. The van der Waals surface area contributed by atoms with Gasteiger partial charge in [-0.15, -0.1) is 0 Å². The summed E-state index contributed by atoms with van der Waals surface area (Å²) < 4.78 is 6.93. The van der Waals surface area contributed by atoms with Crippen molar-refractivity contribution >= 4 is 50.6 Å². The van der Waals surface area contributed by atoms with Crippen LogP contribution in [0.3, 0.4) is 0 Å². The number of nitrogens with zero attached hydrogens (tertiary/aromatic N) is 1. The molecular weight excluding hydrogens is 463 g/mol. The van der Waals surface area contributed by atoms with Crippen LogP contribution in [0.25, 0.3) is 0 Å². The van der Waals surface area contributed by atoms with Gasteiger partial charge in [-0.2, -0.15) is 5.10 Å². The fourth-order valence-electron chi connectivity index (χ4n) is 1.52. The Morgan fingerprint density at radius 3 is 2.91 bits per heavy atom. The molecule has 0 aliphatic carbocycles. The minimum atomic E-state index is -0.357. The van der Waals surface area contributed by atoms with Gasteiger partial charge in [0.05, 0.1) is 9.78 Å². The highest BCUT2D eigenvalue weighted by Gasteiger charge is 2.02. The highest BCUT2D eigenvalue weighted by atomic mass is 127. The molecule has 0 saturated carbocycles. The van der Waals surface area contributed by atoms with E-state index < -0.39 is 0 Å². The molecule has 2 rings (SSSR count). The molecule has 7 heteroatoms. The molecule has 2 aromatic rings. The first kappa shape index (κ1) is 16.8. The lowest BCUT2D eigenvalue weighted by atomic mass is 10.2. The van der Waals surface area contributed by atoms with Crippen molar-refractivity contribution in [3.8, 4) is 11.5 Å². The van der Waals surface area contributed by atoms with E-state index in [-0.39, 0.29) is 18.3 Å². The summed E-state index contributed by atoms with van der Waals surface area (Å²) in [6, 6.07) is 12.3. The van der Waals surface area contributed by atoms with Crippen LogP contribution in [0, 0.1) is 3.57 Å². The molecule has 1 amide bonds. The molecule has 5 nitrogen and oxygen atoms in total. The molecule has 22 heavy (non-hydrogen) atoms. The van der Waals surface area contributed by atoms with Gasteiger partial charge in [-0.05, 0) is 64.6 Å². The number of hydrazone groups is 1. The number of halogens is 2. The van der Waals surface area contributed by atoms with E-state index in [2.05, 4.69) is 26.5 Å². The number of benzene rings is 2. The van der Waals surface area contributed by atoms with Crippen LogP contribution in [0.4, 0.5) is 0 Å². The van der Waals surface area contributed by atoms with E-state index in [0.717, 1.165) is 10.0 Å². The zero-order valence-corrected chi connectivity index (χ0v) is 15.0. The number of phenolic OH excluding ortho intramolecular Hbond substituents is 1. The van der Waals surface area contributed by atoms with Crippen LogP contribution in [0.15, 0.2) is 52.0 Å². The number of carbonyl (C=O) groups is 1. The molecule has 0 atom stereocenters. The Morgan fingerprint density at radius 2 is 2.18 bits per heavy atom. The van der Waals surface area contributed by atoms with E-state index in [4.69, 9.17) is 4.74 Å². The van der Waals surface area contributed by atoms with Crippen molar-refractivity contribution in [2.75, 3.05) is 6.61 Å². The second-order valence-corrected chi connectivity index (χ2v) is 6.33. The number of hydrogen-bond donors (Lipinski definition) is 2. The van der Waals surface area contributed by atoms with Crippen molar-refractivity contribution in [2.24, 2.45) is 5.10 Å². The van der Waals surface area contributed by atoms with Gasteiger partial charge >= 0.3 is 0 Å². The summed E-state index contributed by atoms with van der Waals surface area (Å²) in [4.78, 5) is 11.6. The van der Waals surface area contributed by atoms with Crippen LogP contribution in [-0.2, 0) is 4.79 Å². The molecule has 2 N–H and O–H groups in total. The van der Waals surface area contributed by atoms with E-state index in [1.165, 1.54) is 6.21 Å². The lowest BCUT2D eigenvalue weighted by Crippen LogP contribution is -2.24. The second kappa shape index (κ2) is 8.14. The molecule has 0 aliphatic rings. The molecule has 0 spiro atoms. The Bertz CT molecular complexity index is 707. The highest BCUT2D eigenvalue weighted by molar-refractivity contribution is 14.1. The lowest BCUT2D eigenvalue weighted by molar-refractivity contribution is -0.123. The Morgan fingerprint density at radius 1 is 1.36 bits per heavy atom. The van der Waals surface area contributed by atoms with Crippen molar-refractivity contribution in [1.82, 2.24) is 5.43 Å². The Hall–Kier alpha value is -1.61. The van der Waals surface area contributed by atoms with Crippen LogP contribution in [0.1, 0.15) is 5.56 Å². The zero-order chi connectivity index (χ0) is 15.9. The summed E-state index contributed by atoms with van der Waals surface area (Å²) in [7, 11) is 0. The van der Waals surface area contributed by atoms with Crippen LogP contribution in [-0.4, -0.2) is 23.8 Å².